The van der Waals surface area contributed by atoms with Gasteiger partial charge in [0.25, 0.3) is 5.91 Å². The van der Waals surface area contributed by atoms with Gasteiger partial charge < -0.3 is 19.5 Å². The molecular weight excluding hydrogens is 466 g/mol. The molecule has 4 rings (SSSR count). The smallest absolute Gasteiger partial charge is 0.341 e. The first-order valence-corrected chi connectivity index (χ1v) is 12.4. The van der Waals surface area contributed by atoms with E-state index in [2.05, 4.69) is 19.2 Å². The number of carbonyl (C=O) groups excluding carboxylic acids is 3. The molecule has 0 saturated carbocycles. The monoisotopic (exact) mass is 493 g/mol. The van der Waals surface area contributed by atoms with Crippen LogP contribution < -0.4 is 10.1 Å². The molecule has 2 heterocycles. The lowest BCUT2D eigenvalue weighted by atomic mass is 9.88. The van der Waals surface area contributed by atoms with Gasteiger partial charge in [-0.1, -0.05) is 50.2 Å². The molecule has 1 aliphatic heterocycles. The number of ether oxygens (including phenoxy) is 3. The van der Waals surface area contributed by atoms with Crippen molar-refractivity contribution in [3.8, 4) is 11.5 Å². The summed E-state index contributed by atoms with van der Waals surface area (Å²) in [5.74, 6) is -0.796. The van der Waals surface area contributed by atoms with Crippen LogP contribution in [0.15, 0.2) is 53.9 Å². The van der Waals surface area contributed by atoms with Gasteiger partial charge in [0.1, 0.15) is 22.4 Å². The molecule has 0 radical (unpaired) electrons. The third kappa shape index (κ3) is 5.38. The number of anilines is 1. The van der Waals surface area contributed by atoms with Crippen LogP contribution in [-0.4, -0.2) is 31.1 Å². The van der Waals surface area contributed by atoms with Crippen molar-refractivity contribution in [2.45, 2.75) is 33.1 Å². The molecule has 0 fully saturated rings. The third-order valence-electron chi connectivity index (χ3n) is 5.49. The molecular formula is C27H27NO6S. The van der Waals surface area contributed by atoms with Crippen LogP contribution in [0.2, 0.25) is 0 Å². The first kappa shape index (κ1) is 24.5. The highest BCUT2D eigenvalue weighted by atomic mass is 32.1. The lowest BCUT2D eigenvalue weighted by Crippen LogP contribution is -2.26. The Kier molecular flexibility index (Phi) is 7.51. The number of rotatable bonds is 8. The zero-order valence-electron chi connectivity index (χ0n) is 19.8. The molecule has 182 valence electrons. The summed E-state index contributed by atoms with van der Waals surface area (Å²) >= 11 is 1.25. The van der Waals surface area contributed by atoms with Gasteiger partial charge in [-0.25, -0.2) is 4.79 Å². The van der Waals surface area contributed by atoms with Gasteiger partial charge in [0, 0.05) is 11.1 Å². The summed E-state index contributed by atoms with van der Waals surface area (Å²) in [5.41, 5.74) is 2.54. The maximum absolute atomic E-state index is 13.1. The molecule has 0 atom stereocenters. The van der Waals surface area contributed by atoms with Crippen molar-refractivity contribution >= 4 is 34.2 Å². The SMILES string of the molecule is CCOC(=O)c1c(CC(C)C)csc1NC(=O)COC(=O)C1c2ccccc2Oc2ccccc21. The highest BCUT2D eigenvalue weighted by Gasteiger charge is 2.34. The molecule has 1 N–H and O–H groups in total. The number of fused-ring (bicyclic) bond motifs is 2. The van der Waals surface area contributed by atoms with E-state index < -0.39 is 30.4 Å². The topological polar surface area (TPSA) is 90.9 Å². The fourth-order valence-corrected chi connectivity index (χ4v) is 5.03. The average molecular weight is 494 g/mol. The van der Waals surface area contributed by atoms with Crippen molar-refractivity contribution in [2.75, 3.05) is 18.5 Å². The number of nitrogens with one attached hydrogen (secondary N) is 1. The van der Waals surface area contributed by atoms with E-state index in [-0.39, 0.29) is 6.61 Å². The lowest BCUT2D eigenvalue weighted by Gasteiger charge is -2.26. The molecule has 8 heteroatoms. The maximum atomic E-state index is 13.1. The quantitative estimate of drug-likeness (QED) is 0.414. The Labute approximate surface area is 208 Å². The van der Waals surface area contributed by atoms with Crippen molar-refractivity contribution in [1.82, 2.24) is 0 Å². The van der Waals surface area contributed by atoms with Gasteiger partial charge in [-0.3, -0.25) is 9.59 Å². The zero-order valence-corrected chi connectivity index (χ0v) is 20.6. The van der Waals surface area contributed by atoms with Crippen LogP contribution >= 0.6 is 11.3 Å². The first-order chi connectivity index (χ1) is 16.9. The molecule has 3 aromatic rings. The second-order valence-corrected chi connectivity index (χ2v) is 9.43. The highest BCUT2D eigenvalue weighted by Crippen LogP contribution is 2.44. The summed E-state index contributed by atoms with van der Waals surface area (Å²) in [6, 6.07) is 14.5. The van der Waals surface area contributed by atoms with E-state index in [0.29, 0.717) is 45.5 Å². The second-order valence-electron chi connectivity index (χ2n) is 8.55. The molecule has 1 amide bonds. The summed E-state index contributed by atoms with van der Waals surface area (Å²) in [4.78, 5) is 38.4. The molecule has 0 spiro atoms. The van der Waals surface area contributed by atoms with Crippen molar-refractivity contribution in [1.29, 1.82) is 0 Å². The standard InChI is InChI=1S/C27H27NO6S/c1-4-32-26(30)23-17(13-16(2)3)15-35-25(23)28-22(29)14-33-27(31)24-18-9-5-7-11-20(18)34-21-12-8-6-10-19(21)24/h5-12,15-16,24H,4,13-14H2,1-3H3,(H,28,29). The molecule has 1 aromatic heterocycles. The van der Waals surface area contributed by atoms with Crippen LogP contribution in [-0.2, 0) is 25.5 Å². The fraction of sp³-hybridized carbons (Fsp3) is 0.296. The highest BCUT2D eigenvalue weighted by molar-refractivity contribution is 7.15. The Hall–Kier alpha value is -3.65. The molecule has 1 aliphatic rings. The lowest BCUT2D eigenvalue weighted by molar-refractivity contribution is -0.148. The van der Waals surface area contributed by atoms with Crippen LogP contribution in [0.4, 0.5) is 5.00 Å². The van der Waals surface area contributed by atoms with Gasteiger partial charge in [0.15, 0.2) is 6.61 Å². The van der Waals surface area contributed by atoms with Crippen LogP contribution in [0.25, 0.3) is 0 Å². The summed E-state index contributed by atoms with van der Waals surface area (Å²) in [6.45, 7) is 5.58. The van der Waals surface area contributed by atoms with Crippen molar-refractivity contribution in [3.05, 3.63) is 76.2 Å². The normalized spacial score (nSPS) is 12.3. The second kappa shape index (κ2) is 10.7. The first-order valence-electron chi connectivity index (χ1n) is 11.5. The van der Waals surface area contributed by atoms with E-state index in [9.17, 15) is 14.4 Å². The number of benzene rings is 2. The van der Waals surface area contributed by atoms with Crippen LogP contribution in [0.5, 0.6) is 11.5 Å². The Bertz CT molecular complexity index is 1200. The summed E-state index contributed by atoms with van der Waals surface area (Å²) < 4.78 is 16.5. The van der Waals surface area contributed by atoms with Crippen molar-refractivity contribution in [2.24, 2.45) is 5.92 Å². The molecule has 0 unspecified atom stereocenters. The van der Waals surface area contributed by atoms with Gasteiger partial charge >= 0.3 is 11.9 Å². The number of amides is 1. The van der Waals surface area contributed by atoms with Crippen LogP contribution in [0.1, 0.15) is 53.7 Å². The molecule has 0 bridgehead atoms. The molecule has 35 heavy (non-hydrogen) atoms. The van der Waals surface area contributed by atoms with Gasteiger partial charge in [0.2, 0.25) is 0 Å². The number of hydrogen-bond acceptors (Lipinski definition) is 7. The zero-order chi connectivity index (χ0) is 24.9. The minimum Gasteiger partial charge on any atom is -0.462 e. The van der Waals surface area contributed by atoms with E-state index in [1.54, 1.807) is 19.1 Å². The van der Waals surface area contributed by atoms with E-state index in [4.69, 9.17) is 14.2 Å². The minimum atomic E-state index is -0.710. The fourth-order valence-electron chi connectivity index (χ4n) is 4.05. The molecule has 2 aromatic carbocycles. The molecule has 0 aliphatic carbocycles. The average Bonchev–Trinajstić information content (AvgIpc) is 3.22. The number of hydrogen-bond donors (Lipinski definition) is 1. The van der Waals surface area contributed by atoms with Gasteiger partial charge in [0.05, 0.1) is 12.2 Å². The predicted octanol–water partition coefficient (Wildman–Crippen LogP) is 5.54. The summed E-state index contributed by atoms with van der Waals surface area (Å²) in [7, 11) is 0. The number of para-hydroxylation sites is 2. The predicted molar refractivity (Wildman–Crippen MR) is 133 cm³/mol. The van der Waals surface area contributed by atoms with Crippen molar-refractivity contribution < 1.29 is 28.6 Å². The van der Waals surface area contributed by atoms with Crippen LogP contribution in [0, 0.1) is 5.92 Å². The minimum absolute atomic E-state index is 0.231. The van der Waals surface area contributed by atoms with Gasteiger partial charge in [-0.2, -0.15) is 0 Å². The number of carbonyl (C=O) groups is 3. The van der Waals surface area contributed by atoms with E-state index in [1.807, 2.05) is 41.8 Å². The number of thiophene rings is 1. The Morgan fingerprint density at radius 1 is 1.00 bits per heavy atom. The molecule has 0 saturated heterocycles. The van der Waals surface area contributed by atoms with Crippen LogP contribution in [0.3, 0.4) is 0 Å². The van der Waals surface area contributed by atoms with E-state index in [1.165, 1.54) is 11.3 Å². The Morgan fingerprint density at radius 3 is 2.23 bits per heavy atom. The third-order valence-corrected chi connectivity index (χ3v) is 6.43. The number of esters is 2. The maximum Gasteiger partial charge on any atom is 0.341 e. The summed E-state index contributed by atoms with van der Waals surface area (Å²) in [5, 5.41) is 4.96. The Morgan fingerprint density at radius 2 is 1.63 bits per heavy atom. The van der Waals surface area contributed by atoms with Gasteiger partial charge in [-0.15, -0.1) is 11.3 Å². The molecule has 7 nitrogen and oxygen atoms in total. The summed E-state index contributed by atoms with van der Waals surface area (Å²) in [6.07, 6.45) is 0.679. The van der Waals surface area contributed by atoms with Crippen molar-refractivity contribution in [3.63, 3.8) is 0 Å². The largest absolute Gasteiger partial charge is 0.462 e. The van der Waals surface area contributed by atoms with Gasteiger partial charge in [-0.05, 0) is 42.3 Å². The van der Waals surface area contributed by atoms with E-state index in [0.717, 1.165) is 5.56 Å². The van der Waals surface area contributed by atoms with E-state index >= 15 is 0 Å². The Balaban J connectivity index is 1.48.